The summed E-state index contributed by atoms with van der Waals surface area (Å²) in [4.78, 5) is 22.2. The lowest BCUT2D eigenvalue weighted by atomic mass is 9.98. The number of aliphatic hydroxyl groups excluding tert-OH is 1. The van der Waals surface area contributed by atoms with E-state index in [9.17, 15) is 9.59 Å². The molecule has 0 bridgehead atoms. The molecule has 3 nitrogen and oxygen atoms in total. The average molecular weight is 271 g/mol. The maximum atomic E-state index is 11.7. The van der Waals surface area contributed by atoms with Crippen LogP contribution in [0, 0.1) is 0 Å². The predicted molar refractivity (Wildman–Crippen MR) is 60.5 cm³/mol. The number of benzene rings is 1. The standard InChI is InChI=1S/C11H11BrO3/c1-7(12)11(15)9-4-2-3-8(5-13)10(9)6-14/h2-4,6-7,13H,5H2,1H3. The van der Waals surface area contributed by atoms with Gasteiger partial charge in [-0.1, -0.05) is 34.1 Å². The molecule has 15 heavy (non-hydrogen) atoms. The Kier molecular flexibility index (Phi) is 4.17. The first-order valence-electron chi connectivity index (χ1n) is 4.48. The fraction of sp³-hybridized carbons (Fsp3) is 0.273. The van der Waals surface area contributed by atoms with E-state index in [0.717, 1.165) is 0 Å². The van der Waals surface area contributed by atoms with Gasteiger partial charge < -0.3 is 5.11 Å². The first-order valence-corrected chi connectivity index (χ1v) is 5.39. The van der Waals surface area contributed by atoms with Crippen LogP contribution >= 0.6 is 15.9 Å². The molecule has 0 fully saturated rings. The van der Waals surface area contributed by atoms with Crippen LogP contribution in [0.2, 0.25) is 0 Å². The summed E-state index contributed by atoms with van der Waals surface area (Å²) in [7, 11) is 0. The fourth-order valence-electron chi connectivity index (χ4n) is 1.32. The summed E-state index contributed by atoms with van der Waals surface area (Å²) in [5.74, 6) is -0.160. The van der Waals surface area contributed by atoms with Gasteiger partial charge in [0, 0.05) is 11.1 Å². The van der Waals surface area contributed by atoms with Crippen LogP contribution in [0.3, 0.4) is 0 Å². The highest BCUT2D eigenvalue weighted by Gasteiger charge is 2.17. The van der Waals surface area contributed by atoms with Crippen LogP contribution in [0.4, 0.5) is 0 Å². The Hall–Kier alpha value is -1.00. The maximum absolute atomic E-state index is 11.7. The van der Waals surface area contributed by atoms with E-state index in [1.165, 1.54) is 0 Å². The summed E-state index contributed by atoms with van der Waals surface area (Å²) in [5, 5.41) is 9.01. The van der Waals surface area contributed by atoms with Gasteiger partial charge >= 0.3 is 0 Å². The topological polar surface area (TPSA) is 54.4 Å². The Labute approximate surface area is 96.2 Å². The molecular weight excluding hydrogens is 260 g/mol. The molecule has 0 saturated carbocycles. The fourth-order valence-corrected chi connectivity index (χ4v) is 1.57. The summed E-state index contributed by atoms with van der Waals surface area (Å²) in [6, 6.07) is 4.86. The van der Waals surface area contributed by atoms with Crippen LogP contribution in [-0.2, 0) is 6.61 Å². The molecule has 1 aromatic rings. The zero-order chi connectivity index (χ0) is 11.4. The summed E-state index contributed by atoms with van der Waals surface area (Å²) in [6.45, 7) is 1.45. The van der Waals surface area contributed by atoms with Gasteiger partial charge in [-0.25, -0.2) is 0 Å². The third kappa shape index (κ3) is 2.52. The van der Waals surface area contributed by atoms with Crippen molar-refractivity contribution in [1.82, 2.24) is 0 Å². The molecule has 0 aliphatic carbocycles. The monoisotopic (exact) mass is 270 g/mol. The predicted octanol–water partition coefficient (Wildman–Crippen LogP) is 1.96. The second-order valence-corrected chi connectivity index (χ2v) is 4.51. The number of rotatable bonds is 4. The molecule has 0 aromatic heterocycles. The van der Waals surface area contributed by atoms with Gasteiger partial charge in [0.05, 0.1) is 11.4 Å². The summed E-state index contributed by atoms with van der Waals surface area (Å²) < 4.78 is 0. The van der Waals surface area contributed by atoms with Crippen molar-refractivity contribution in [3.05, 3.63) is 34.9 Å². The van der Waals surface area contributed by atoms with E-state index in [4.69, 9.17) is 5.11 Å². The Morgan fingerprint density at radius 2 is 2.27 bits per heavy atom. The van der Waals surface area contributed by atoms with Gasteiger partial charge in [-0.3, -0.25) is 9.59 Å². The largest absolute Gasteiger partial charge is 0.392 e. The number of carbonyl (C=O) groups excluding carboxylic acids is 2. The van der Waals surface area contributed by atoms with Crippen molar-refractivity contribution >= 4 is 28.0 Å². The zero-order valence-electron chi connectivity index (χ0n) is 8.24. The van der Waals surface area contributed by atoms with Crippen molar-refractivity contribution in [1.29, 1.82) is 0 Å². The van der Waals surface area contributed by atoms with E-state index in [1.807, 2.05) is 0 Å². The number of aldehydes is 1. The highest BCUT2D eigenvalue weighted by Crippen LogP contribution is 2.17. The molecule has 1 N–H and O–H groups in total. The van der Waals surface area contributed by atoms with Gasteiger partial charge in [-0.15, -0.1) is 0 Å². The van der Waals surface area contributed by atoms with Gasteiger partial charge in [0.25, 0.3) is 0 Å². The number of aliphatic hydroxyl groups is 1. The Morgan fingerprint density at radius 3 is 2.73 bits per heavy atom. The van der Waals surface area contributed by atoms with Crippen molar-refractivity contribution < 1.29 is 14.7 Å². The highest BCUT2D eigenvalue weighted by molar-refractivity contribution is 9.10. The smallest absolute Gasteiger partial charge is 0.176 e. The number of halogens is 1. The van der Waals surface area contributed by atoms with E-state index in [0.29, 0.717) is 17.4 Å². The van der Waals surface area contributed by atoms with Crippen molar-refractivity contribution in [3.8, 4) is 0 Å². The third-order valence-electron chi connectivity index (χ3n) is 2.11. The van der Waals surface area contributed by atoms with Gasteiger partial charge in [-0.2, -0.15) is 0 Å². The van der Waals surface area contributed by atoms with E-state index in [1.54, 1.807) is 25.1 Å². The van der Waals surface area contributed by atoms with Crippen LogP contribution in [-0.4, -0.2) is 22.0 Å². The van der Waals surface area contributed by atoms with E-state index < -0.39 is 0 Å². The second kappa shape index (κ2) is 5.19. The molecule has 4 heteroatoms. The van der Waals surface area contributed by atoms with Crippen LogP contribution in [0.5, 0.6) is 0 Å². The van der Waals surface area contributed by atoms with E-state index in [2.05, 4.69) is 15.9 Å². The molecule has 80 valence electrons. The minimum atomic E-state index is -0.342. The molecule has 0 saturated heterocycles. The summed E-state index contributed by atoms with van der Waals surface area (Å²) in [6.07, 6.45) is 0.605. The Bertz CT molecular complexity index is 385. The molecule has 0 heterocycles. The first kappa shape index (κ1) is 12.1. The van der Waals surface area contributed by atoms with Crippen molar-refractivity contribution in [2.75, 3.05) is 0 Å². The minimum Gasteiger partial charge on any atom is -0.392 e. The lowest BCUT2D eigenvalue weighted by Crippen LogP contribution is -2.13. The number of ketones is 1. The summed E-state index contributed by atoms with van der Waals surface area (Å²) >= 11 is 3.16. The SMILES string of the molecule is CC(Br)C(=O)c1cccc(CO)c1C=O. The molecule has 1 atom stereocenters. The van der Waals surface area contributed by atoms with Crippen molar-refractivity contribution in [3.63, 3.8) is 0 Å². The number of carbonyl (C=O) groups is 2. The van der Waals surface area contributed by atoms with Crippen LogP contribution in [0.25, 0.3) is 0 Å². The van der Waals surface area contributed by atoms with Crippen molar-refractivity contribution in [2.45, 2.75) is 18.4 Å². The molecule has 1 aromatic carbocycles. The molecule has 1 unspecified atom stereocenters. The Balaban J connectivity index is 3.29. The molecule has 0 aliphatic rings. The van der Waals surface area contributed by atoms with Gasteiger partial charge in [0.15, 0.2) is 12.1 Å². The van der Waals surface area contributed by atoms with Crippen LogP contribution < -0.4 is 0 Å². The molecule has 0 aliphatic heterocycles. The lowest BCUT2D eigenvalue weighted by Gasteiger charge is -2.08. The molecule has 0 spiro atoms. The second-order valence-electron chi connectivity index (χ2n) is 3.13. The first-order chi connectivity index (χ1) is 7.11. The maximum Gasteiger partial charge on any atom is 0.176 e. The molecule has 1 rings (SSSR count). The zero-order valence-corrected chi connectivity index (χ0v) is 9.82. The number of hydrogen-bond donors (Lipinski definition) is 1. The quantitative estimate of drug-likeness (QED) is 0.517. The van der Waals surface area contributed by atoms with Crippen molar-refractivity contribution in [2.24, 2.45) is 0 Å². The van der Waals surface area contributed by atoms with Crippen LogP contribution in [0.15, 0.2) is 18.2 Å². The molecule has 0 radical (unpaired) electrons. The molecule has 0 amide bonds. The number of alkyl halides is 1. The highest BCUT2D eigenvalue weighted by atomic mass is 79.9. The average Bonchev–Trinajstić information content (AvgIpc) is 2.26. The number of Topliss-reactive ketones (excluding diaryl/α,β-unsaturated/α-hetero) is 1. The third-order valence-corrected chi connectivity index (χ3v) is 2.53. The lowest BCUT2D eigenvalue weighted by molar-refractivity contribution is 0.0988. The number of hydrogen-bond acceptors (Lipinski definition) is 3. The van der Waals surface area contributed by atoms with Crippen LogP contribution in [0.1, 0.15) is 33.2 Å². The van der Waals surface area contributed by atoms with Gasteiger partial charge in [0.2, 0.25) is 0 Å². The van der Waals surface area contributed by atoms with Gasteiger partial charge in [-0.05, 0) is 12.5 Å². The van der Waals surface area contributed by atoms with E-state index in [-0.39, 0.29) is 22.8 Å². The summed E-state index contributed by atoms with van der Waals surface area (Å²) in [5.41, 5.74) is 1.10. The normalized spacial score (nSPS) is 12.2. The van der Waals surface area contributed by atoms with E-state index >= 15 is 0 Å². The molecular formula is C11H11BrO3. The minimum absolute atomic E-state index is 0.160. The Morgan fingerprint density at radius 1 is 1.60 bits per heavy atom. The van der Waals surface area contributed by atoms with Gasteiger partial charge in [0.1, 0.15) is 0 Å².